The van der Waals surface area contributed by atoms with Gasteiger partial charge in [-0.25, -0.2) is 0 Å². The normalized spacial score (nSPS) is 12.2. The molecule has 0 aliphatic carbocycles. The van der Waals surface area contributed by atoms with Crippen LogP contribution in [0.15, 0.2) is 29.6 Å². The van der Waals surface area contributed by atoms with Gasteiger partial charge in [0.1, 0.15) is 5.75 Å². The molecule has 0 spiro atoms. The molecule has 1 atom stereocenters. The van der Waals surface area contributed by atoms with Crippen molar-refractivity contribution in [3.8, 4) is 5.75 Å². The zero-order valence-electron chi connectivity index (χ0n) is 10.7. The molecule has 2 nitrogen and oxygen atoms in total. The lowest BCUT2D eigenvalue weighted by atomic mass is 10.1. The minimum Gasteiger partial charge on any atom is -0.495 e. The first-order valence-corrected chi connectivity index (χ1v) is 7.01. The number of rotatable bonds is 4. The van der Waals surface area contributed by atoms with Crippen LogP contribution < -0.4 is 10.1 Å². The van der Waals surface area contributed by atoms with Crippen LogP contribution in [0.25, 0.3) is 0 Å². The molecule has 0 amide bonds. The van der Waals surface area contributed by atoms with Gasteiger partial charge in [-0.1, -0.05) is 17.7 Å². The highest BCUT2D eigenvalue weighted by atomic mass is 35.5. The van der Waals surface area contributed by atoms with Crippen molar-refractivity contribution in [3.63, 3.8) is 0 Å². The molecule has 0 aliphatic rings. The number of halogens is 1. The Hall–Kier alpha value is -1.19. The second-order valence-electron chi connectivity index (χ2n) is 4.25. The third-order valence-corrected chi connectivity index (χ3v) is 3.92. The van der Waals surface area contributed by atoms with Gasteiger partial charge in [0.05, 0.1) is 17.1 Å². The summed E-state index contributed by atoms with van der Waals surface area (Å²) in [6.07, 6.45) is 0. The van der Waals surface area contributed by atoms with Crippen LogP contribution in [0.2, 0.25) is 4.34 Å². The van der Waals surface area contributed by atoms with Gasteiger partial charge in [0.15, 0.2) is 0 Å². The summed E-state index contributed by atoms with van der Waals surface area (Å²) >= 11 is 7.51. The SMILES string of the molecule is COc1ccc(C)cc1NC(C)c1csc(Cl)c1. The number of anilines is 1. The summed E-state index contributed by atoms with van der Waals surface area (Å²) in [7, 11) is 1.68. The third kappa shape index (κ3) is 2.98. The van der Waals surface area contributed by atoms with Crippen molar-refractivity contribution in [3.05, 3.63) is 45.1 Å². The number of thiophene rings is 1. The molecule has 1 aromatic heterocycles. The summed E-state index contributed by atoms with van der Waals surface area (Å²) in [6, 6.07) is 8.29. The van der Waals surface area contributed by atoms with Crippen molar-refractivity contribution in [2.45, 2.75) is 19.9 Å². The lowest BCUT2D eigenvalue weighted by Crippen LogP contribution is -2.06. The Labute approximate surface area is 117 Å². The fourth-order valence-corrected chi connectivity index (χ4v) is 2.79. The molecular formula is C14H16ClNOS. The summed E-state index contributed by atoms with van der Waals surface area (Å²) in [4.78, 5) is 0. The van der Waals surface area contributed by atoms with Gasteiger partial charge in [0.25, 0.3) is 0 Å². The summed E-state index contributed by atoms with van der Waals surface area (Å²) in [5.74, 6) is 0.855. The zero-order chi connectivity index (χ0) is 13.1. The predicted octanol–water partition coefficient (Wildman–Crippen LogP) is 4.89. The van der Waals surface area contributed by atoms with Gasteiger partial charge < -0.3 is 10.1 Å². The van der Waals surface area contributed by atoms with Crippen molar-refractivity contribution in [2.75, 3.05) is 12.4 Å². The van der Waals surface area contributed by atoms with E-state index in [1.165, 1.54) is 11.1 Å². The quantitative estimate of drug-likeness (QED) is 0.861. The molecule has 0 radical (unpaired) electrons. The highest BCUT2D eigenvalue weighted by Crippen LogP contribution is 2.31. The Morgan fingerprint density at radius 1 is 1.33 bits per heavy atom. The molecule has 0 saturated heterocycles. The molecule has 0 saturated carbocycles. The van der Waals surface area contributed by atoms with Crippen molar-refractivity contribution in [1.82, 2.24) is 0 Å². The van der Waals surface area contributed by atoms with Crippen LogP contribution in [0.3, 0.4) is 0 Å². The molecule has 0 aliphatic heterocycles. The van der Waals surface area contributed by atoms with Crippen molar-refractivity contribution >= 4 is 28.6 Å². The smallest absolute Gasteiger partial charge is 0.141 e. The maximum atomic E-state index is 5.96. The lowest BCUT2D eigenvalue weighted by Gasteiger charge is -2.17. The van der Waals surface area contributed by atoms with Gasteiger partial charge >= 0.3 is 0 Å². The van der Waals surface area contributed by atoms with E-state index in [9.17, 15) is 0 Å². The van der Waals surface area contributed by atoms with E-state index in [0.29, 0.717) is 0 Å². The first kappa shape index (κ1) is 13.2. The van der Waals surface area contributed by atoms with E-state index in [1.807, 2.05) is 18.2 Å². The molecular weight excluding hydrogens is 266 g/mol. The third-order valence-electron chi connectivity index (χ3n) is 2.81. The molecule has 1 aromatic carbocycles. The average Bonchev–Trinajstić information content (AvgIpc) is 2.76. The minimum atomic E-state index is 0.199. The standard InChI is InChI=1S/C14H16ClNOS/c1-9-4-5-13(17-3)12(6-9)16-10(2)11-7-14(15)18-8-11/h4-8,10,16H,1-3H3. The number of hydrogen-bond acceptors (Lipinski definition) is 3. The van der Waals surface area contributed by atoms with E-state index in [-0.39, 0.29) is 6.04 Å². The first-order chi connectivity index (χ1) is 8.60. The van der Waals surface area contributed by atoms with E-state index < -0.39 is 0 Å². The zero-order valence-corrected chi connectivity index (χ0v) is 12.2. The van der Waals surface area contributed by atoms with Crippen molar-refractivity contribution in [2.24, 2.45) is 0 Å². The van der Waals surface area contributed by atoms with Crippen molar-refractivity contribution < 1.29 is 4.74 Å². The molecule has 1 heterocycles. The molecule has 18 heavy (non-hydrogen) atoms. The fraction of sp³-hybridized carbons (Fsp3) is 0.286. The molecule has 0 fully saturated rings. The van der Waals surface area contributed by atoms with Gasteiger partial charge in [-0.2, -0.15) is 0 Å². The summed E-state index contributed by atoms with van der Waals surface area (Å²) in [5.41, 5.74) is 3.40. The maximum Gasteiger partial charge on any atom is 0.141 e. The molecule has 0 bridgehead atoms. The van der Waals surface area contributed by atoms with E-state index >= 15 is 0 Å². The van der Waals surface area contributed by atoms with E-state index in [1.54, 1.807) is 18.4 Å². The Morgan fingerprint density at radius 3 is 2.72 bits per heavy atom. The second-order valence-corrected chi connectivity index (χ2v) is 5.80. The van der Waals surface area contributed by atoms with Gasteiger partial charge in [-0.3, -0.25) is 0 Å². The number of hydrogen-bond donors (Lipinski definition) is 1. The van der Waals surface area contributed by atoms with Crippen molar-refractivity contribution in [1.29, 1.82) is 0 Å². The molecule has 1 unspecified atom stereocenters. The van der Waals surface area contributed by atoms with Crippen LogP contribution in [0.1, 0.15) is 24.1 Å². The number of methoxy groups -OCH3 is 1. The topological polar surface area (TPSA) is 21.3 Å². The fourth-order valence-electron chi connectivity index (χ4n) is 1.80. The average molecular weight is 282 g/mol. The molecule has 96 valence electrons. The Morgan fingerprint density at radius 2 is 2.11 bits per heavy atom. The van der Waals surface area contributed by atoms with Gasteiger partial charge in [0, 0.05) is 6.04 Å². The maximum absolute atomic E-state index is 5.96. The molecule has 2 rings (SSSR count). The molecule has 4 heteroatoms. The van der Waals surface area contributed by atoms with Crippen LogP contribution >= 0.6 is 22.9 Å². The van der Waals surface area contributed by atoms with Crippen LogP contribution in [-0.2, 0) is 0 Å². The largest absolute Gasteiger partial charge is 0.495 e. The summed E-state index contributed by atoms with van der Waals surface area (Å²) < 4.78 is 6.17. The van der Waals surface area contributed by atoms with E-state index in [2.05, 4.69) is 30.6 Å². The first-order valence-electron chi connectivity index (χ1n) is 5.75. The van der Waals surface area contributed by atoms with Crippen LogP contribution in [0.4, 0.5) is 5.69 Å². The summed E-state index contributed by atoms with van der Waals surface area (Å²) in [6.45, 7) is 4.18. The monoisotopic (exact) mass is 281 g/mol. The van der Waals surface area contributed by atoms with Gasteiger partial charge in [0.2, 0.25) is 0 Å². The van der Waals surface area contributed by atoms with E-state index in [4.69, 9.17) is 16.3 Å². The Balaban J connectivity index is 2.20. The van der Waals surface area contributed by atoms with E-state index in [0.717, 1.165) is 15.8 Å². The molecule has 1 N–H and O–H groups in total. The summed E-state index contributed by atoms with van der Waals surface area (Å²) in [5, 5.41) is 5.53. The van der Waals surface area contributed by atoms with Gasteiger partial charge in [-0.05, 0) is 48.6 Å². The second kappa shape index (κ2) is 5.63. The highest BCUT2D eigenvalue weighted by Gasteiger charge is 2.10. The number of nitrogens with one attached hydrogen (secondary N) is 1. The predicted molar refractivity (Wildman–Crippen MR) is 79.1 cm³/mol. The lowest BCUT2D eigenvalue weighted by molar-refractivity contribution is 0.416. The minimum absolute atomic E-state index is 0.199. The highest BCUT2D eigenvalue weighted by molar-refractivity contribution is 7.14. The van der Waals surface area contributed by atoms with Crippen LogP contribution in [-0.4, -0.2) is 7.11 Å². The van der Waals surface area contributed by atoms with Gasteiger partial charge in [-0.15, -0.1) is 11.3 Å². The Bertz CT molecular complexity index is 538. The Kier molecular flexibility index (Phi) is 4.15. The van der Waals surface area contributed by atoms with Crippen LogP contribution in [0.5, 0.6) is 5.75 Å². The number of benzene rings is 1. The number of aryl methyl sites for hydroxylation is 1. The molecule has 2 aromatic rings. The van der Waals surface area contributed by atoms with Crippen LogP contribution in [0, 0.1) is 6.92 Å². The number of ether oxygens (including phenoxy) is 1.